The minimum atomic E-state index is -3.93. The topological polar surface area (TPSA) is 99.3 Å². The zero-order valence-electron chi connectivity index (χ0n) is 16.0. The number of methoxy groups -OCH3 is 1. The molecule has 0 saturated carbocycles. The average molecular weight is 429 g/mol. The van der Waals surface area contributed by atoms with Crippen molar-refractivity contribution in [3.05, 3.63) is 66.0 Å². The number of hydrogen-bond acceptors (Lipinski definition) is 6. The van der Waals surface area contributed by atoms with Gasteiger partial charge in [-0.05, 0) is 47.9 Å². The van der Waals surface area contributed by atoms with Crippen LogP contribution in [0.1, 0.15) is 25.5 Å². The summed E-state index contributed by atoms with van der Waals surface area (Å²) in [5.74, 6) is 0.396. The highest BCUT2D eigenvalue weighted by Gasteiger charge is 2.23. The molecule has 2 aromatic carbocycles. The minimum Gasteiger partial charge on any atom is -0.495 e. The summed E-state index contributed by atoms with van der Waals surface area (Å²) in [5, 5.41) is 8.68. The van der Waals surface area contributed by atoms with Gasteiger partial charge >= 0.3 is 0 Å². The molecule has 0 aliphatic heterocycles. The van der Waals surface area contributed by atoms with Gasteiger partial charge in [-0.1, -0.05) is 31.6 Å². The molecular weight excluding hydrogens is 404 g/mol. The summed E-state index contributed by atoms with van der Waals surface area (Å²) in [6, 6.07) is 12.4. The van der Waals surface area contributed by atoms with E-state index in [-0.39, 0.29) is 23.9 Å². The zero-order valence-corrected chi connectivity index (χ0v) is 16.8. The van der Waals surface area contributed by atoms with Gasteiger partial charge in [0.1, 0.15) is 10.6 Å². The quantitative estimate of drug-likeness (QED) is 0.476. The van der Waals surface area contributed by atoms with Gasteiger partial charge in [0, 0.05) is 12.4 Å². The van der Waals surface area contributed by atoms with Crippen LogP contribution in [0.15, 0.2) is 64.3 Å². The molecule has 0 atom stereocenters. The summed E-state index contributed by atoms with van der Waals surface area (Å²) in [6.45, 7) is 2.50. The molecule has 0 unspecified atom stereocenters. The normalized spacial score (nSPS) is 11.3. The Morgan fingerprint density at radius 2 is 1.97 bits per heavy atom. The number of sulfonamides is 1. The van der Waals surface area contributed by atoms with Gasteiger partial charge in [0.15, 0.2) is 11.4 Å². The first-order valence-electron chi connectivity index (χ1n) is 9.05. The monoisotopic (exact) mass is 428 g/mol. The maximum absolute atomic E-state index is 13.0. The van der Waals surface area contributed by atoms with Gasteiger partial charge in [-0.25, -0.2) is 8.42 Å². The Morgan fingerprint density at radius 1 is 1.17 bits per heavy atom. The number of nitrogens with one attached hydrogen (secondary N) is 1. The Balaban J connectivity index is 0.00000256. The average Bonchev–Trinajstić information content (AvgIpc) is 3.37. The zero-order chi connectivity index (χ0) is 20.4. The van der Waals surface area contributed by atoms with Crippen molar-refractivity contribution >= 4 is 26.8 Å². The number of fused-ring (bicyclic) bond motifs is 1. The second-order valence-electron chi connectivity index (χ2n) is 6.51. The number of rotatable bonds is 7. The minimum absolute atomic E-state index is 0. The third-order valence-corrected chi connectivity index (χ3v) is 5.96. The van der Waals surface area contributed by atoms with E-state index in [1.807, 2.05) is 37.4 Å². The highest BCUT2D eigenvalue weighted by atomic mass is 32.2. The Morgan fingerprint density at radius 3 is 2.67 bits per heavy atom. The summed E-state index contributed by atoms with van der Waals surface area (Å²) in [5.41, 5.74) is 2.31. The van der Waals surface area contributed by atoms with Crippen molar-refractivity contribution in [1.82, 2.24) is 14.9 Å². The van der Waals surface area contributed by atoms with Crippen molar-refractivity contribution < 1.29 is 17.7 Å². The molecule has 0 amide bonds. The van der Waals surface area contributed by atoms with Crippen LogP contribution in [0.2, 0.25) is 0 Å². The molecule has 158 valence electrons. The first kappa shape index (κ1) is 21.4. The van der Waals surface area contributed by atoms with Gasteiger partial charge < -0.3 is 9.26 Å². The van der Waals surface area contributed by atoms with E-state index in [4.69, 9.17) is 9.26 Å². The lowest BCUT2D eigenvalue weighted by Crippen LogP contribution is -2.15. The van der Waals surface area contributed by atoms with Gasteiger partial charge in [0.05, 0.1) is 19.0 Å². The van der Waals surface area contributed by atoms with Crippen LogP contribution in [0, 0.1) is 0 Å². The fourth-order valence-electron chi connectivity index (χ4n) is 3.07. The van der Waals surface area contributed by atoms with Crippen molar-refractivity contribution in [2.24, 2.45) is 0 Å². The fourth-order valence-corrected chi connectivity index (χ4v) is 4.31. The predicted octanol–water partition coefficient (Wildman–Crippen LogP) is 4.08. The molecule has 4 aromatic rings. The number of ether oxygens (including phenoxy) is 1. The molecule has 9 heteroatoms. The van der Waals surface area contributed by atoms with Crippen molar-refractivity contribution in [3.63, 3.8) is 0 Å². The Hall–Kier alpha value is -3.33. The second-order valence-corrected chi connectivity index (χ2v) is 8.16. The summed E-state index contributed by atoms with van der Waals surface area (Å²) in [4.78, 5) is 0.0585. The molecule has 0 aliphatic carbocycles. The highest BCUT2D eigenvalue weighted by molar-refractivity contribution is 7.92. The first-order chi connectivity index (χ1) is 14.0. The molecule has 0 saturated heterocycles. The Kier molecular flexibility index (Phi) is 6.12. The molecule has 0 spiro atoms. The standard InChI is InChI=1S/C20H20N4O4S.CH4/c1-3-14-5-8-18(27-2)19(12-14)29(25,26)23-20-16-11-15(6-7-17(16)28-22-20)13-24-10-4-9-21-24;/h4-12H,3,13H2,1-2H3,(H,22,23);1H4. The summed E-state index contributed by atoms with van der Waals surface area (Å²) >= 11 is 0. The van der Waals surface area contributed by atoms with E-state index in [1.54, 1.807) is 29.1 Å². The molecule has 2 heterocycles. The van der Waals surface area contributed by atoms with E-state index in [2.05, 4.69) is 15.0 Å². The third kappa shape index (κ3) is 4.16. The van der Waals surface area contributed by atoms with Gasteiger partial charge in [-0.15, -0.1) is 0 Å². The summed E-state index contributed by atoms with van der Waals surface area (Å²) in [7, 11) is -2.49. The van der Waals surface area contributed by atoms with Gasteiger partial charge in [0.2, 0.25) is 0 Å². The number of nitrogens with zero attached hydrogens (tertiary/aromatic N) is 3. The molecule has 4 rings (SSSR count). The molecule has 8 nitrogen and oxygen atoms in total. The Bertz CT molecular complexity index is 1250. The van der Waals surface area contributed by atoms with Crippen LogP contribution >= 0.6 is 0 Å². The van der Waals surface area contributed by atoms with Crippen LogP contribution in [0.5, 0.6) is 5.75 Å². The summed E-state index contributed by atoms with van der Waals surface area (Å²) < 4.78 is 40.9. The van der Waals surface area contributed by atoms with E-state index in [9.17, 15) is 8.42 Å². The molecule has 1 N–H and O–H groups in total. The fraction of sp³-hybridized carbons (Fsp3) is 0.238. The Labute approximate surface area is 175 Å². The lowest BCUT2D eigenvalue weighted by Gasteiger charge is -2.11. The van der Waals surface area contributed by atoms with E-state index in [0.29, 0.717) is 23.9 Å². The number of anilines is 1. The van der Waals surface area contributed by atoms with Crippen LogP contribution in [-0.2, 0) is 23.0 Å². The summed E-state index contributed by atoms with van der Waals surface area (Å²) in [6.07, 6.45) is 4.26. The van der Waals surface area contributed by atoms with Crippen molar-refractivity contribution in [3.8, 4) is 5.75 Å². The number of hydrogen-bond donors (Lipinski definition) is 1. The van der Waals surface area contributed by atoms with Crippen LogP contribution in [0.4, 0.5) is 5.82 Å². The molecule has 0 radical (unpaired) electrons. The van der Waals surface area contributed by atoms with Crippen LogP contribution in [0.25, 0.3) is 11.0 Å². The molecule has 2 aromatic heterocycles. The molecular formula is C21H24N4O4S. The largest absolute Gasteiger partial charge is 0.495 e. The number of aromatic nitrogens is 3. The maximum atomic E-state index is 13.0. The predicted molar refractivity (Wildman–Crippen MR) is 115 cm³/mol. The first-order valence-corrected chi connectivity index (χ1v) is 10.5. The molecule has 0 aliphatic rings. The van der Waals surface area contributed by atoms with E-state index < -0.39 is 10.0 Å². The van der Waals surface area contributed by atoms with Crippen molar-refractivity contribution in [1.29, 1.82) is 0 Å². The second kappa shape index (κ2) is 8.58. The third-order valence-electron chi connectivity index (χ3n) is 4.59. The lowest BCUT2D eigenvalue weighted by molar-refractivity contribution is 0.402. The van der Waals surface area contributed by atoms with E-state index >= 15 is 0 Å². The van der Waals surface area contributed by atoms with Gasteiger partial charge in [-0.3, -0.25) is 9.40 Å². The van der Waals surface area contributed by atoms with Gasteiger partial charge in [0.25, 0.3) is 10.0 Å². The van der Waals surface area contributed by atoms with Gasteiger partial charge in [-0.2, -0.15) is 5.10 Å². The van der Waals surface area contributed by atoms with Crippen molar-refractivity contribution in [2.45, 2.75) is 32.2 Å². The SMILES string of the molecule is C.CCc1ccc(OC)c(S(=O)(=O)Nc2noc3ccc(Cn4cccn4)cc23)c1. The maximum Gasteiger partial charge on any atom is 0.266 e. The van der Waals surface area contributed by atoms with Crippen LogP contribution < -0.4 is 9.46 Å². The smallest absolute Gasteiger partial charge is 0.266 e. The number of benzene rings is 2. The van der Waals surface area contributed by atoms with E-state index in [0.717, 1.165) is 11.1 Å². The molecule has 0 bridgehead atoms. The van der Waals surface area contributed by atoms with Crippen molar-refractivity contribution in [2.75, 3.05) is 11.8 Å². The van der Waals surface area contributed by atoms with Crippen LogP contribution in [-0.4, -0.2) is 30.5 Å². The number of aryl methyl sites for hydroxylation is 1. The lowest BCUT2D eigenvalue weighted by atomic mass is 10.1. The van der Waals surface area contributed by atoms with E-state index in [1.165, 1.54) is 7.11 Å². The highest BCUT2D eigenvalue weighted by Crippen LogP contribution is 2.30. The van der Waals surface area contributed by atoms with Crippen LogP contribution in [0.3, 0.4) is 0 Å². The molecule has 0 fully saturated rings. The molecule has 30 heavy (non-hydrogen) atoms.